The molecule has 3 rings (SSSR count). The molecule has 0 aliphatic heterocycles. The number of benzene rings is 1. The third kappa shape index (κ3) is 2.33. The molecule has 4 heteroatoms. The van der Waals surface area contributed by atoms with Crippen LogP contribution in [0.1, 0.15) is 35.5 Å². The third-order valence-corrected chi connectivity index (χ3v) is 4.83. The number of halogens is 1. The summed E-state index contributed by atoms with van der Waals surface area (Å²) in [4.78, 5) is 19.6. The lowest BCUT2D eigenvalue weighted by Crippen LogP contribution is -2.20. The van der Waals surface area contributed by atoms with Crippen molar-refractivity contribution in [1.29, 1.82) is 0 Å². The second kappa shape index (κ2) is 5.07. The molecule has 0 saturated heterocycles. The van der Waals surface area contributed by atoms with E-state index < -0.39 is 0 Å². The maximum absolute atomic E-state index is 11.9. The minimum atomic E-state index is -0.00148. The van der Waals surface area contributed by atoms with Gasteiger partial charge in [0.1, 0.15) is 5.82 Å². The standard InChI is InChI=1S/C15H15IN2O/c1-2-12-13(16)15(19)18-14(17-12)11-7-9-5-3-4-6-10(9)8-11/h3-6,11H,2,7-8H2,1H3,(H,17,18,19). The van der Waals surface area contributed by atoms with Gasteiger partial charge in [0.25, 0.3) is 5.56 Å². The van der Waals surface area contributed by atoms with E-state index in [2.05, 4.69) is 56.8 Å². The van der Waals surface area contributed by atoms with E-state index in [0.717, 1.165) is 34.4 Å². The van der Waals surface area contributed by atoms with E-state index in [1.165, 1.54) is 11.1 Å². The van der Waals surface area contributed by atoms with Crippen molar-refractivity contribution < 1.29 is 0 Å². The highest BCUT2D eigenvalue weighted by Crippen LogP contribution is 2.31. The monoisotopic (exact) mass is 366 g/mol. The number of nitrogens with one attached hydrogen (secondary N) is 1. The average Bonchev–Trinajstić information content (AvgIpc) is 2.85. The van der Waals surface area contributed by atoms with Crippen LogP contribution in [0.2, 0.25) is 0 Å². The number of aromatic nitrogens is 2. The van der Waals surface area contributed by atoms with Crippen molar-refractivity contribution in [3.63, 3.8) is 0 Å². The highest BCUT2D eigenvalue weighted by atomic mass is 127. The van der Waals surface area contributed by atoms with Crippen LogP contribution in [0.3, 0.4) is 0 Å². The molecule has 1 aromatic heterocycles. The highest BCUT2D eigenvalue weighted by Gasteiger charge is 2.25. The van der Waals surface area contributed by atoms with Crippen LogP contribution in [0.25, 0.3) is 0 Å². The largest absolute Gasteiger partial charge is 0.309 e. The summed E-state index contributed by atoms with van der Waals surface area (Å²) >= 11 is 2.08. The number of fused-ring (bicyclic) bond motifs is 1. The Kier molecular flexibility index (Phi) is 3.43. The van der Waals surface area contributed by atoms with Crippen molar-refractivity contribution in [3.05, 3.63) is 60.8 Å². The first kappa shape index (κ1) is 12.8. The minimum absolute atomic E-state index is 0.00148. The summed E-state index contributed by atoms with van der Waals surface area (Å²) in [6, 6.07) is 8.48. The van der Waals surface area contributed by atoms with Crippen LogP contribution in [0, 0.1) is 3.57 Å². The molecule has 2 aromatic rings. The van der Waals surface area contributed by atoms with E-state index in [4.69, 9.17) is 0 Å². The quantitative estimate of drug-likeness (QED) is 0.831. The van der Waals surface area contributed by atoms with Crippen molar-refractivity contribution in [3.8, 4) is 0 Å². The molecule has 0 unspecified atom stereocenters. The van der Waals surface area contributed by atoms with Gasteiger partial charge in [-0.05, 0) is 53.0 Å². The Bertz CT molecular complexity index is 653. The van der Waals surface area contributed by atoms with Crippen molar-refractivity contribution in [2.24, 2.45) is 0 Å². The predicted molar refractivity (Wildman–Crippen MR) is 83.5 cm³/mol. The number of aryl methyl sites for hydroxylation is 1. The second-order valence-electron chi connectivity index (χ2n) is 4.94. The first-order chi connectivity index (χ1) is 9.19. The summed E-state index contributed by atoms with van der Waals surface area (Å²) < 4.78 is 0.722. The van der Waals surface area contributed by atoms with Gasteiger partial charge in [-0.15, -0.1) is 0 Å². The van der Waals surface area contributed by atoms with Gasteiger partial charge in [0, 0.05) is 5.92 Å². The molecule has 0 saturated carbocycles. The van der Waals surface area contributed by atoms with Crippen molar-refractivity contribution in [1.82, 2.24) is 9.97 Å². The number of nitrogens with zero attached hydrogens (tertiary/aromatic N) is 1. The van der Waals surface area contributed by atoms with Crippen LogP contribution in [0.15, 0.2) is 29.1 Å². The Hall–Kier alpha value is -1.17. The first-order valence-electron chi connectivity index (χ1n) is 6.54. The average molecular weight is 366 g/mol. The summed E-state index contributed by atoms with van der Waals surface area (Å²) in [7, 11) is 0. The molecule has 19 heavy (non-hydrogen) atoms. The Morgan fingerprint density at radius 2 is 1.95 bits per heavy atom. The zero-order valence-corrected chi connectivity index (χ0v) is 12.9. The van der Waals surface area contributed by atoms with E-state index in [9.17, 15) is 4.79 Å². The summed E-state index contributed by atoms with van der Waals surface area (Å²) in [6.45, 7) is 2.04. The molecule has 0 bridgehead atoms. The lowest BCUT2D eigenvalue weighted by atomic mass is 10.1. The fourth-order valence-electron chi connectivity index (χ4n) is 2.70. The molecule has 0 spiro atoms. The maximum atomic E-state index is 11.9. The Labute approximate surface area is 125 Å². The van der Waals surface area contributed by atoms with E-state index in [-0.39, 0.29) is 5.56 Å². The molecule has 0 amide bonds. The fraction of sp³-hybridized carbons (Fsp3) is 0.333. The lowest BCUT2D eigenvalue weighted by Gasteiger charge is -2.10. The van der Waals surface area contributed by atoms with E-state index in [1.807, 2.05) is 6.92 Å². The van der Waals surface area contributed by atoms with Gasteiger partial charge in [-0.3, -0.25) is 4.79 Å². The Balaban J connectivity index is 1.98. The lowest BCUT2D eigenvalue weighted by molar-refractivity contribution is 0.667. The van der Waals surface area contributed by atoms with Gasteiger partial charge in [0.2, 0.25) is 0 Å². The van der Waals surface area contributed by atoms with Crippen LogP contribution in [-0.2, 0) is 19.3 Å². The Morgan fingerprint density at radius 1 is 1.32 bits per heavy atom. The van der Waals surface area contributed by atoms with Gasteiger partial charge < -0.3 is 4.98 Å². The van der Waals surface area contributed by atoms with E-state index in [0.29, 0.717) is 5.92 Å². The van der Waals surface area contributed by atoms with Crippen molar-refractivity contribution >= 4 is 22.6 Å². The van der Waals surface area contributed by atoms with Gasteiger partial charge in [0.05, 0.1) is 9.26 Å². The van der Waals surface area contributed by atoms with Crippen LogP contribution in [0.4, 0.5) is 0 Å². The summed E-state index contributed by atoms with van der Waals surface area (Å²) in [6.07, 6.45) is 2.75. The molecule has 1 aliphatic carbocycles. The number of rotatable bonds is 2. The zero-order chi connectivity index (χ0) is 13.4. The summed E-state index contributed by atoms with van der Waals surface area (Å²) in [5.74, 6) is 1.16. The van der Waals surface area contributed by atoms with Gasteiger partial charge in [0.15, 0.2) is 0 Å². The molecule has 1 heterocycles. The number of H-pyrrole nitrogens is 1. The normalized spacial score (nSPS) is 14.6. The first-order valence-corrected chi connectivity index (χ1v) is 7.62. The molecule has 0 atom stereocenters. The smallest absolute Gasteiger partial charge is 0.264 e. The topological polar surface area (TPSA) is 45.8 Å². The molecule has 0 radical (unpaired) electrons. The molecule has 0 fully saturated rings. The SMILES string of the molecule is CCc1nc(C2Cc3ccccc3C2)[nH]c(=O)c1I. The molecule has 1 aliphatic rings. The van der Waals surface area contributed by atoms with Gasteiger partial charge in [-0.25, -0.2) is 4.98 Å². The van der Waals surface area contributed by atoms with Gasteiger partial charge in [-0.1, -0.05) is 31.2 Å². The second-order valence-corrected chi connectivity index (χ2v) is 6.02. The van der Waals surface area contributed by atoms with E-state index >= 15 is 0 Å². The van der Waals surface area contributed by atoms with Crippen molar-refractivity contribution in [2.45, 2.75) is 32.1 Å². The molecule has 3 nitrogen and oxygen atoms in total. The van der Waals surface area contributed by atoms with Gasteiger partial charge >= 0.3 is 0 Å². The molecular weight excluding hydrogens is 351 g/mol. The molecular formula is C15H15IN2O. The number of hydrogen-bond donors (Lipinski definition) is 1. The van der Waals surface area contributed by atoms with Crippen LogP contribution in [-0.4, -0.2) is 9.97 Å². The molecule has 1 N–H and O–H groups in total. The minimum Gasteiger partial charge on any atom is -0.309 e. The van der Waals surface area contributed by atoms with Gasteiger partial charge in [-0.2, -0.15) is 0 Å². The number of aromatic amines is 1. The highest BCUT2D eigenvalue weighted by molar-refractivity contribution is 14.1. The maximum Gasteiger partial charge on any atom is 0.264 e. The Morgan fingerprint density at radius 3 is 2.53 bits per heavy atom. The predicted octanol–water partition coefficient (Wildman–Crippen LogP) is 2.82. The zero-order valence-electron chi connectivity index (χ0n) is 10.7. The molecule has 1 aromatic carbocycles. The van der Waals surface area contributed by atoms with Crippen LogP contribution < -0.4 is 5.56 Å². The summed E-state index contributed by atoms with van der Waals surface area (Å²) in [5, 5.41) is 0. The van der Waals surface area contributed by atoms with Crippen LogP contribution in [0.5, 0.6) is 0 Å². The fourth-order valence-corrected chi connectivity index (χ4v) is 3.34. The summed E-state index contributed by atoms with van der Waals surface area (Å²) in [5.41, 5.74) is 3.67. The van der Waals surface area contributed by atoms with Crippen molar-refractivity contribution in [2.75, 3.05) is 0 Å². The molecule has 98 valence electrons. The van der Waals surface area contributed by atoms with E-state index in [1.54, 1.807) is 0 Å². The number of hydrogen-bond acceptors (Lipinski definition) is 2. The van der Waals surface area contributed by atoms with Crippen LogP contribution >= 0.6 is 22.6 Å². The third-order valence-electron chi connectivity index (χ3n) is 3.72.